The second-order valence-corrected chi connectivity index (χ2v) is 5.31. The molecule has 1 aromatic carbocycles. The summed E-state index contributed by atoms with van der Waals surface area (Å²) >= 11 is 12.0. The molecular formula is C14H16Cl2N4O. The number of nitrogens with one attached hydrogen (secondary N) is 1. The van der Waals surface area contributed by atoms with Crippen LogP contribution in [0.15, 0.2) is 30.5 Å². The van der Waals surface area contributed by atoms with Gasteiger partial charge in [-0.25, -0.2) is 4.79 Å². The Balaban J connectivity index is 2.04. The molecule has 0 atom stereocenters. The Kier molecular flexibility index (Phi) is 5.09. The average molecular weight is 327 g/mol. The molecule has 0 aliphatic carbocycles. The molecule has 0 spiro atoms. The third kappa shape index (κ3) is 3.68. The molecule has 0 bridgehead atoms. The number of urea groups is 1. The summed E-state index contributed by atoms with van der Waals surface area (Å²) in [7, 11) is 1.71. The van der Waals surface area contributed by atoms with Crippen molar-refractivity contribution in [3.63, 3.8) is 0 Å². The van der Waals surface area contributed by atoms with E-state index in [0.717, 1.165) is 12.2 Å². The Morgan fingerprint density at radius 2 is 2.14 bits per heavy atom. The molecule has 0 unspecified atom stereocenters. The van der Waals surface area contributed by atoms with Crippen molar-refractivity contribution in [3.8, 4) is 0 Å². The Labute approximate surface area is 133 Å². The highest BCUT2D eigenvalue weighted by atomic mass is 35.5. The number of aryl methyl sites for hydroxylation is 1. The van der Waals surface area contributed by atoms with Crippen molar-refractivity contribution in [1.82, 2.24) is 14.7 Å². The quantitative estimate of drug-likeness (QED) is 0.927. The van der Waals surface area contributed by atoms with Crippen molar-refractivity contribution in [1.29, 1.82) is 0 Å². The maximum Gasteiger partial charge on any atom is 0.321 e. The van der Waals surface area contributed by atoms with Crippen molar-refractivity contribution >= 4 is 34.9 Å². The molecule has 1 aromatic heterocycles. The van der Waals surface area contributed by atoms with Gasteiger partial charge in [-0.05, 0) is 25.1 Å². The third-order valence-electron chi connectivity index (χ3n) is 3.04. The topological polar surface area (TPSA) is 50.2 Å². The normalized spacial score (nSPS) is 10.5. The van der Waals surface area contributed by atoms with E-state index in [4.69, 9.17) is 23.2 Å². The predicted molar refractivity (Wildman–Crippen MR) is 84.8 cm³/mol. The molecule has 0 saturated carbocycles. The lowest BCUT2D eigenvalue weighted by Crippen LogP contribution is -2.31. The van der Waals surface area contributed by atoms with Gasteiger partial charge in [-0.1, -0.05) is 29.3 Å². The third-order valence-corrected chi connectivity index (χ3v) is 3.86. The van der Waals surface area contributed by atoms with Crippen molar-refractivity contribution in [2.45, 2.75) is 20.0 Å². The van der Waals surface area contributed by atoms with Gasteiger partial charge in [0.1, 0.15) is 0 Å². The van der Waals surface area contributed by atoms with Gasteiger partial charge in [0.25, 0.3) is 0 Å². The van der Waals surface area contributed by atoms with E-state index in [1.54, 1.807) is 36.3 Å². The number of hydrogen-bond donors (Lipinski definition) is 1. The van der Waals surface area contributed by atoms with Crippen LogP contribution in [0, 0.1) is 0 Å². The number of carbonyl (C=O) groups is 1. The molecule has 2 aromatic rings. The largest absolute Gasteiger partial charge is 0.322 e. The summed E-state index contributed by atoms with van der Waals surface area (Å²) in [5.41, 5.74) is 1.46. The Morgan fingerprint density at radius 1 is 1.38 bits per heavy atom. The van der Waals surface area contributed by atoms with Crippen LogP contribution in [-0.4, -0.2) is 27.8 Å². The van der Waals surface area contributed by atoms with Crippen LogP contribution in [0.25, 0.3) is 0 Å². The molecule has 1 heterocycles. The summed E-state index contributed by atoms with van der Waals surface area (Å²) in [4.78, 5) is 13.7. The van der Waals surface area contributed by atoms with E-state index >= 15 is 0 Å². The van der Waals surface area contributed by atoms with Crippen LogP contribution < -0.4 is 5.32 Å². The fourth-order valence-electron chi connectivity index (χ4n) is 1.90. The van der Waals surface area contributed by atoms with Crippen LogP contribution in [0.2, 0.25) is 10.0 Å². The number of rotatable bonds is 4. The zero-order valence-corrected chi connectivity index (χ0v) is 13.3. The molecule has 2 rings (SSSR count). The average Bonchev–Trinajstić information content (AvgIpc) is 2.91. The number of aromatic nitrogens is 2. The monoisotopic (exact) mass is 326 g/mol. The molecule has 7 heteroatoms. The van der Waals surface area contributed by atoms with E-state index in [-0.39, 0.29) is 6.03 Å². The Morgan fingerprint density at radius 3 is 2.86 bits per heavy atom. The zero-order valence-electron chi connectivity index (χ0n) is 11.8. The first-order chi connectivity index (χ1) is 10.0. The summed E-state index contributed by atoms with van der Waals surface area (Å²) in [6.07, 6.45) is 1.72. The van der Waals surface area contributed by atoms with Crippen LogP contribution in [0.1, 0.15) is 12.6 Å². The standard InChI is InChI=1S/C14H16Cl2N4O/c1-3-20-10(7-8-17-20)9-19(2)14(21)18-12-6-4-5-11(15)13(12)16/h4-8H,3,9H2,1-2H3,(H,18,21). The van der Waals surface area contributed by atoms with E-state index in [9.17, 15) is 4.79 Å². The first-order valence-corrected chi connectivity index (χ1v) is 7.25. The molecule has 21 heavy (non-hydrogen) atoms. The highest BCUT2D eigenvalue weighted by Gasteiger charge is 2.14. The number of amides is 2. The second-order valence-electron chi connectivity index (χ2n) is 4.53. The molecule has 0 radical (unpaired) electrons. The van der Waals surface area contributed by atoms with E-state index < -0.39 is 0 Å². The number of halogens is 2. The van der Waals surface area contributed by atoms with Gasteiger partial charge in [0, 0.05) is 19.8 Å². The van der Waals surface area contributed by atoms with Crippen LogP contribution in [0.5, 0.6) is 0 Å². The number of hydrogen-bond acceptors (Lipinski definition) is 2. The molecule has 1 N–H and O–H groups in total. The van der Waals surface area contributed by atoms with Gasteiger partial charge in [0.2, 0.25) is 0 Å². The lowest BCUT2D eigenvalue weighted by Gasteiger charge is -2.19. The number of nitrogens with zero attached hydrogens (tertiary/aromatic N) is 3. The summed E-state index contributed by atoms with van der Waals surface area (Å²) in [6, 6.07) is 6.73. The molecule has 0 fully saturated rings. The van der Waals surface area contributed by atoms with Crippen molar-refractivity contribution in [2.24, 2.45) is 0 Å². The van der Waals surface area contributed by atoms with Crippen molar-refractivity contribution < 1.29 is 4.79 Å². The van der Waals surface area contributed by atoms with Crippen molar-refractivity contribution in [2.75, 3.05) is 12.4 Å². The predicted octanol–water partition coefficient (Wildman–Crippen LogP) is 3.87. The van der Waals surface area contributed by atoms with Crippen molar-refractivity contribution in [3.05, 3.63) is 46.2 Å². The molecule has 0 aliphatic rings. The lowest BCUT2D eigenvalue weighted by atomic mass is 10.3. The minimum Gasteiger partial charge on any atom is -0.322 e. The van der Waals surface area contributed by atoms with E-state index in [1.165, 1.54) is 0 Å². The summed E-state index contributed by atoms with van der Waals surface area (Å²) in [5.74, 6) is 0. The zero-order chi connectivity index (χ0) is 15.4. The summed E-state index contributed by atoms with van der Waals surface area (Å²) in [6.45, 7) is 3.22. The van der Waals surface area contributed by atoms with Crippen LogP contribution in [0.4, 0.5) is 10.5 Å². The number of benzene rings is 1. The van der Waals surface area contributed by atoms with E-state index in [1.807, 2.05) is 17.7 Å². The van der Waals surface area contributed by atoms with Gasteiger partial charge in [-0.3, -0.25) is 4.68 Å². The van der Waals surface area contributed by atoms with Crippen LogP contribution in [-0.2, 0) is 13.1 Å². The molecule has 0 saturated heterocycles. The smallest absolute Gasteiger partial charge is 0.321 e. The fraction of sp³-hybridized carbons (Fsp3) is 0.286. The van der Waals surface area contributed by atoms with Gasteiger partial charge in [-0.15, -0.1) is 0 Å². The minimum absolute atomic E-state index is 0.261. The maximum absolute atomic E-state index is 12.2. The van der Waals surface area contributed by atoms with Gasteiger partial charge < -0.3 is 10.2 Å². The minimum atomic E-state index is -0.261. The van der Waals surface area contributed by atoms with Gasteiger partial charge in [0.05, 0.1) is 28.0 Å². The number of carbonyl (C=O) groups excluding carboxylic acids is 1. The highest BCUT2D eigenvalue weighted by molar-refractivity contribution is 6.43. The second kappa shape index (κ2) is 6.83. The highest BCUT2D eigenvalue weighted by Crippen LogP contribution is 2.29. The van der Waals surface area contributed by atoms with Gasteiger partial charge in [0.15, 0.2) is 0 Å². The van der Waals surface area contributed by atoms with E-state index in [2.05, 4.69) is 10.4 Å². The van der Waals surface area contributed by atoms with Gasteiger partial charge >= 0.3 is 6.03 Å². The summed E-state index contributed by atoms with van der Waals surface area (Å²) in [5, 5.41) is 7.65. The molecule has 2 amide bonds. The van der Waals surface area contributed by atoms with Crippen LogP contribution in [0.3, 0.4) is 0 Å². The molecular weight excluding hydrogens is 311 g/mol. The molecule has 5 nitrogen and oxygen atoms in total. The summed E-state index contributed by atoms with van der Waals surface area (Å²) < 4.78 is 1.84. The number of anilines is 1. The first-order valence-electron chi connectivity index (χ1n) is 6.49. The molecule has 112 valence electrons. The maximum atomic E-state index is 12.2. The SMILES string of the molecule is CCn1nccc1CN(C)C(=O)Nc1cccc(Cl)c1Cl. The Hall–Kier alpha value is -1.72. The van der Waals surface area contributed by atoms with Crippen LogP contribution >= 0.6 is 23.2 Å². The Bertz CT molecular complexity index is 642. The fourth-order valence-corrected chi connectivity index (χ4v) is 2.25. The van der Waals surface area contributed by atoms with E-state index in [0.29, 0.717) is 22.3 Å². The molecule has 0 aliphatic heterocycles. The lowest BCUT2D eigenvalue weighted by molar-refractivity contribution is 0.219. The van der Waals surface area contributed by atoms with Gasteiger partial charge in [-0.2, -0.15) is 5.10 Å². The first kappa shape index (κ1) is 15.7.